The van der Waals surface area contributed by atoms with E-state index in [1.165, 1.54) is 10.6 Å². The molecule has 0 fully saturated rings. The lowest BCUT2D eigenvalue weighted by Crippen LogP contribution is -2.23. The van der Waals surface area contributed by atoms with E-state index in [1.807, 2.05) is 11.8 Å². The van der Waals surface area contributed by atoms with Crippen molar-refractivity contribution in [2.24, 2.45) is 0 Å². The van der Waals surface area contributed by atoms with E-state index in [0.29, 0.717) is 6.04 Å². The van der Waals surface area contributed by atoms with E-state index < -0.39 is 0 Å². The van der Waals surface area contributed by atoms with Crippen molar-refractivity contribution in [3.63, 3.8) is 0 Å². The fourth-order valence-corrected chi connectivity index (χ4v) is 2.79. The lowest BCUT2D eigenvalue weighted by Gasteiger charge is -2.12. The summed E-state index contributed by atoms with van der Waals surface area (Å²) in [4.78, 5) is 1.34. The second-order valence-electron chi connectivity index (χ2n) is 4.89. The molecule has 2 aromatic rings. The maximum atomic E-state index is 3.47. The van der Waals surface area contributed by atoms with E-state index >= 15 is 0 Å². The van der Waals surface area contributed by atoms with Crippen LogP contribution in [0.2, 0.25) is 0 Å². The fourth-order valence-electron chi connectivity index (χ4n) is 1.92. The molecular formula is C16H22N2S. The van der Waals surface area contributed by atoms with Crippen LogP contribution in [0.15, 0.2) is 53.6 Å². The summed E-state index contributed by atoms with van der Waals surface area (Å²) >= 11 is 1.91. The van der Waals surface area contributed by atoms with Crippen LogP contribution in [-0.2, 0) is 13.1 Å². The van der Waals surface area contributed by atoms with Gasteiger partial charge in [0.15, 0.2) is 0 Å². The quantitative estimate of drug-likeness (QED) is 0.774. The highest BCUT2D eigenvalue weighted by Crippen LogP contribution is 2.17. The van der Waals surface area contributed by atoms with Crippen LogP contribution >= 0.6 is 11.8 Å². The molecule has 19 heavy (non-hydrogen) atoms. The highest BCUT2D eigenvalue weighted by molar-refractivity contribution is 7.99. The number of nitrogens with zero attached hydrogens (tertiary/aromatic N) is 1. The minimum Gasteiger partial charge on any atom is -0.349 e. The van der Waals surface area contributed by atoms with Crippen LogP contribution in [0.3, 0.4) is 0 Å². The number of aryl methyl sites for hydroxylation is 1. The molecule has 0 bridgehead atoms. The van der Waals surface area contributed by atoms with E-state index in [9.17, 15) is 0 Å². The summed E-state index contributed by atoms with van der Waals surface area (Å²) in [5.41, 5.74) is 1.36. The van der Waals surface area contributed by atoms with Gasteiger partial charge < -0.3 is 9.88 Å². The van der Waals surface area contributed by atoms with Gasteiger partial charge in [-0.3, -0.25) is 0 Å². The maximum Gasteiger partial charge on any atom is 0.0361 e. The summed E-state index contributed by atoms with van der Waals surface area (Å²) in [5.74, 6) is 1.10. The normalized spacial score (nSPS) is 11.1. The molecule has 1 aromatic heterocycles. The van der Waals surface area contributed by atoms with Gasteiger partial charge in [0.25, 0.3) is 0 Å². The molecule has 2 nitrogen and oxygen atoms in total. The summed E-state index contributed by atoms with van der Waals surface area (Å²) in [7, 11) is 0. The van der Waals surface area contributed by atoms with Gasteiger partial charge in [0.05, 0.1) is 0 Å². The average molecular weight is 274 g/mol. The molecule has 3 heteroatoms. The Hall–Kier alpha value is -1.19. The second-order valence-corrected chi connectivity index (χ2v) is 6.06. The van der Waals surface area contributed by atoms with Gasteiger partial charge in [-0.05, 0) is 24.3 Å². The van der Waals surface area contributed by atoms with Crippen LogP contribution in [0, 0.1) is 0 Å². The van der Waals surface area contributed by atoms with Crippen LogP contribution in [-0.4, -0.2) is 16.4 Å². The van der Waals surface area contributed by atoms with Gasteiger partial charge in [-0.25, -0.2) is 0 Å². The first kappa shape index (κ1) is 14.2. The lowest BCUT2D eigenvalue weighted by atomic mass is 10.3. The molecule has 2 rings (SSSR count). The van der Waals surface area contributed by atoms with Gasteiger partial charge in [0, 0.05) is 41.7 Å². The van der Waals surface area contributed by atoms with Crippen molar-refractivity contribution in [1.29, 1.82) is 0 Å². The first-order valence-electron chi connectivity index (χ1n) is 6.81. The predicted octanol–water partition coefficient (Wildman–Crippen LogP) is 3.78. The molecule has 0 aliphatic carbocycles. The summed E-state index contributed by atoms with van der Waals surface area (Å²) in [6, 6.07) is 15.4. The Bertz CT molecular complexity index is 477. The van der Waals surface area contributed by atoms with Gasteiger partial charge in [-0.2, -0.15) is 0 Å². The molecule has 0 saturated carbocycles. The average Bonchev–Trinajstić information content (AvgIpc) is 2.85. The Morgan fingerprint density at radius 3 is 2.63 bits per heavy atom. The Morgan fingerprint density at radius 1 is 1.11 bits per heavy atom. The van der Waals surface area contributed by atoms with Crippen LogP contribution in [0.25, 0.3) is 0 Å². The molecule has 1 heterocycles. The van der Waals surface area contributed by atoms with E-state index in [0.717, 1.165) is 18.8 Å². The van der Waals surface area contributed by atoms with Crippen molar-refractivity contribution in [2.45, 2.75) is 37.9 Å². The molecule has 0 unspecified atom stereocenters. The second kappa shape index (κ2) is 7.41. The number of rotatable bonds is 7. The molecule has 0 amide bonds. The molecule has 0 spiro atoms. The molecule has 0 aliphatic heterocycles. The zero-order chi connectivity index (χ0) is 13.5. The number of thioether (sulfide) groups is 1. The smallest absolute Gasteiger partial charge is 0.0361 e. The van der Waals surface area contributed by atoms with Gasteiger partial charge in [-0.1, -0.05) is 32.0 Å². The van der Waals surface area contributed by atoms with Gasteiger partial charge in [0.2, 0.25) is 0 Å². The largest absolute Gasteiger partial charge is 0.349 e. The third-order valence-electron chi connectivity index (χ3n) is 2.96. The van der Waals surface area contributed by atoms with Crippen LogP contribution in [0.1, 0.15) is 19.5 Å². The summed E-state index contributed by atoms with van der Waals surface area (Å²) in [6.07, 6.45) is 2.17. The third-order valence-corrected chi connectivity index (χ3v) is 3.95. The molecular weight excluding hydrogens is 252 g/mol. The maximum absolute atomic E-state index is 3.47. The molecule has 1 aromatic carbocycles. The van der Waals surface area contributed by atoms with Crippen molar-refractivity contribution >= 4 is 11.8 Å². The lowest BCUT2D eigenvalue weighted by molar-refractivity contribution is 0.562. The molecule has 0 saturated heterocycles. The zero-order valence-electron chi connectivity index (χ0n) is 11.7. The van der Waals surface area contributed by atoms with Crippen molar-refractivity contribution < 1.29 is 0 Å². The van der Waals surface area contributed by atoms with Crippen molar-refractivity contribution in [1.82, 2.24) is 9.88 Å². The zero-order valence-corrected chi connectivity index (χ0v) is 12.5. The van der Waals surface area contributed by atoms with E-state index in [4.69, 9.17) is 0 Å². The first-order valence-corrected chi connectivity index (χ1v) is 7.79. The van der Waals surface area contributed by atoms with E-state index in [1.54, 1.807) is 0 Å². The molecule has 102 valence electrons. The highest BCUT2D eigenvalue weighted by atomic mass is 32.2. The molecule has 0 radical (unpaired) electrons. The monoisotopic (exact) mass is 274 g/mol. The van der Waals surface area contributed by atoms with Crippen molar-refractivity contribution in [3.05, 3.63) is 54.4 Å². The fraction of sp³-hybridized carbons (Fsp3) is 0.375. The Labute approximate surface area is 120 Å². The standard InChI is InChI=1S/C16H22N2S/c1-14(2)17-13-15-7-6-10-18(15)11-12-19-16-8-4-3-5-9-16/h3-10,14,17H,11-13H2,1-2H3. The van der Waals surface area contributed by atoms with Gasteiger partial charge in [-0.15, -0.1) is 11.8 Å². The summed E-state index contributed by atoms with van der Waals surface area (Å²) < 4.78 is 2.34. The summed E-state index contributed by atoms with van der Waals surface area (Å²) in [6.45, 7) is 6.36. The van der Waals surface area contributed by atoms with E-state index in [2.05, 4.69) is 72.4 Å². The van der Waals surface area contributed by atoms with Gasteiger partial charge in [0.1, 0.15) is 0 Å². The minimum atomic E-state index is 0.530. The predicted molar refractivity (Wildman–Crippen MR) is 83.6 cm³/mol. The van der Waals surface area contributed by atoms with Crippen LogP contribution < -0.4 is 5.32 Å². The minimum absolute atomic E-state index is 0.530. The number of nitrogens with one attached hydrogen (secondary N) is 1. The van der Waals surface area contributed by atoms with Crippen molar-refractivity contribution in [2.75, 3.05) is 5.75 Å². The number of aromatic nitrogens is 1. The first-order chi connectivity index (χ1) is 9.25. The Kier molecular flexibility index (Phi) is 5.55. The number of benzene rings is 1. The SMILES string of the molecule is CC(C)NCc1cccn1CCSc1ccccc1. The number of hydrogen-bond donors (Lipinski definition) is 1. The van der Waals surface area contributed by atoms with Crippen LogP contribution in [0.4, 0.5) is 0 Å². The Balaban J connectivity index is 1.81. The topological polar surface area (TPSA) is 17.0 Å². The van der Waals surface area contributed by atoms with Crippen LogP contribution in [0.5, 0.6) is 0 Å². The molecule has 0 atom stereocenters. The molecule has 0 aliphatic rings. The highest BCUT2D eigenvalue weighted by Gasteiger charge is 2.02. The number of hydrogen-bond acceptors (Lipinski definition) is 2. The summed E-state index contributed by atoms with van der Waals surface area (Å²) in [5, 5.41) is 3.47. The molecule has 1 N–H and O–H groups in total. The van der Waals surface area contributed by atoms with Crippen molar-refractivity contribution in [3.8, 4) is 0 Å². The van der Waals surface area contributed by atoms with E-state index in [-0.39, 0.29) is 0 Å². The third kappa shape index (κ3) is 4.77. The van der Waals surface area contributed by atoms with Gasteiger partial charge >= 0.3 is 0 Å². The Morgan fingerprint density at radius 2 is 1.89 bits per heavy atom.